The summed E-state index contributed by atoms with van der Waals surface area (Å²) in [4.78, 5) is 28.5. The Morgan fingerprint density at radius 1 is 0.755 bits per heavy atom. The van der Waals surface area contributed by atoms with Crippen LogP contribution in [0.2, 0.25) is 0 Å². The average molecular weight is 723 g/mol. The number of hydrazine groups is 1. The molecule has 1 amide bonds. The molecule has 1 aliphatic heterocycles. The molecule has 0 bridgehead atoms. The zero-order valence-corrected chi connectivity index (χ0v) is 29.3. The second-order valence-corrected chi connectivity index (χ2v) is 13.3. The largest absolute Gasteiger partial charge is 0.298 e. The highest BCUT2D eigenvalue weighted by atomic mass is 35.7. The maximum atomic E-state index is 14.2. The Balaban J connectivity index is 0.000000571. The number of rotatable bonds is 5. The van der Waals surface area contributed by atoms with Gasteiger partial charge in [-0.25, -0.2) is 33.3 Å². The van der Waals surface area contributed by atoms with Gasteiger partial charge in [-0.2, -0.15) is 14.0 Å². The summed E-state index contributed by atoms with van der Waals surface area (Å²) in [7, 11) is 0.509. The first kappa shape index (κ1) is 39.5. The molecular weight excluding hydrogens is 685 g/mol. The molecule has 3 aromatic carbocycles. The fraction of sp³-hybridized carbons (Fsp3) is 0.250. The van der Waals surface area contributed by atoms with Gasteiger partial charge in [0.15, 0.2) is 0 Å². The Morgan fingerprint density at radius 3 is 1.61 bits per heavy atom. The number of carbonyl (C=O) groups excluding carboxylic acids is 1. The fourth-order valence-electron chi connectivity index (χ4n) is 5.35. The van der Waals surface area contributed by atoms with Gasteiger partial charge in [0.2, 0.25) is 0 Å². The quantitative estimate of drug-likeness (QED) is 0.154. The van der Waals surface area contributed by atoms with E-state index in [1.807, 2.05) is 110 Å². The fourth-order valence-corrected chi connectivity index (χ4v) is 5.35. The minimum absolute atomic E-state index is 0.129. The summed E-state index contributed by atoms with van der Waals surface area (Å²) < 4.78 is 70.9. The lowest BCUT2D eigenvalue weighted by Gasteiger charge is -2.26. The zero-order chi connectivity index (χ0) is 37.1. The number of halogens is 2. The first-order chi connectivity index (χ1) is 22.5. The molecule has 0 saturated carbocycles. The number of anilines is 1. The van der Waals surface area contributed by atoms with Crippen molar-refractivity contribution in [2.24, 2.45) is 7.05 Å². The van der Waals surface area contributed by atoms with E-state index in [4.69, 9.17) is 37.3 Å². The Bertz CT molecular complexity index is 1800. The van der Waals surface area contributed by atoms with E-state index in [-0.39, 0.29) is 17.5 Å². The van der Waals surface area contributed by atoms with Gasteiger partial charge in [-0.05, 0) is 67.9 Å². The van der Waals surface area contributed by atoms with Crippen LogP contribution in [0, 0.1) is 27.4 Å². The van der Waals surface area contributed by atoms with Crippen molar-refractivity contribution in [3.63, 3.8) is 0 Å². The standard InChI is InChI=1S/C32H36N5O2.2ClHO4/c1-22-28(31(38)35(33(22)3)25-14-10-8-11-15-25)30(24-18-20-27(21-19-24)37(5,6)7)29-23(2)34(4)36(32(29)39)26-16-12-9-13-17-26;2*2-1(3,4)5/h8-22H,1-7H3;2*(H,2,3,4,5)/q+1;;/p-1. The SMILES string of the molecule is Cc1c(C(=C2C(=O)N(c3ccccc3)N(C)C2C)c2ccc([N+](C)(C)C)cc2)c(=O)n(-c2ccccc2)n1C.[O-][Cl+3]([O-])([O-])O.[O-][Cl+3]([O-])([O-])[O-]. The van der Waals surface area contributed by atoms with Crippen LogP contribution >= 0.6 is 0 Å². The van der Waals surface area contributed by atoms with Crippen LogP contribution < -0.4 is 47.7 Å². The molecule has 0 spiro atoms. The predicted octanol–water partition coefficient (Wildman–Crippen LogP) is -4.11. The summed E-state index contributed by atoms with van der Waals surface area (Å²) in [5.74, 6) is -0.129. The lowest BCUT2D eigenvalue weighted by atomic mass is 9.90. The molecule has 5 rings (SSSR count). The summed E-state index contributed by atoms with van der Waals surface area (Å²) in [5.41, 5.74) is 6.00. The van der Waals surface area contributed by atoms with Gasteiger partial charge < -0.3 is 0 Å². The van der Waals surface area contributed by atoms with Crippen molar-refractivity contribution >= 4 is 22.9 Å². The monoisotopic (exact) mass is 721 g/mol. The molecule has 49 heavy (non-hydrogen) atoms. The Kier molecular flexibility index (Phi) is 12.3. The molecule has 17 heteroatoms. The van der Waals surface area contributed by atoms with Gasteiger partial charge in [-0.3, -0.25) is 18.8 Å². The third kappa shape index (κ3) is 10.1. The highest BCUT2D eigenvalue weighted by molar-refractivity contribution is 6.15. The van der Waals surface area contributed by atoms with Crippen molar-refractivity contribution in [1.82, 2.24) is 18.9 Å². The molecular formula is C32H37Cl2N5O10. The van der Waals surface area contributed by atoms with Crippen molar-refractivity contribution in [3.05, 3.63) is 118 Å². The molecule has 2 heterocycles. The van der Waals surface area contributed by atoms with Crippen molar-refractivity contribution < 1.29 is 62.6 Å². The molecule has 1 aromatic heterocycles. The van der Waals surface area contributed by atoms with Crippen molar-refractivity contribution in [2.75, 3.05) is 33.2 Å². The number of nitrogens with zero attached hydrogens (tertiary/aromatic N) is 5. The molecule has 264 valence electrons. The Morgan fingerprint density at radius 2 is 1.18 bits per heavy atom. The lowest BCUT2D eigenvalue weighted by Crippen LogP contribution is -2.68. The van der Waals surface area contributed by atoms with E-state index in [0.717, 1.165) is 28.3 Å². The lowest BCUT2D eigenvalue weighted by molar-refractivity contribution is -2.00. The summed E-state index contributed by atoms with van der Waals surface area (Å²) in [5, 5.41) is 3.65. The minimum atomic E-state index is -4.94. The number of hydrogen-bond donors (Lipinski definition) is 1. The summed E-state index contributed by atoms with van der Waals surface area (Å²) in [6.07, 6.45) is 0. The first-order valence-electron chi connectivity index (χ1n) is 14.4. The van der Waals surface area contributed by atoms with Gasteiger partial charge >= 0.3 is 0 Å². The summed E-state index contributed by atoms with van der Waals surface area (Å²) in [6, 6.07) is 27.2. The van der Waals surface area contributed by atoms with E-state index in [9.17, 15) is 9.59 Å². The normalized spacial score (nSPS) is 16.5. The molecule has 15 nitrogen and oxygen atoms in total. The number of hydrogen-bond acceptors (Lipinski definition) is 11. The second-order valence-electron chi connectivity index (χ2n) is 11.8. The minimum Gasteiger partial charge on any atom is -0.298 e. The van der Waals surface area contributed by atoms with E-state index < -0.39 is 20.5 Å². The maximum Gasteiger partial charge on any atom is 0.279 e. The molecule has 1 fully saturated rings. The third-order valence-electron chi connectivity index (χ3n) is 7.72. The van der Waals surface area contributed by atoms with Crippen molar-refractivity contribution in [2.45, 2.75) is 19.9 Å². The molecule has 0 radical (unpaired) electrons. The van der Waals surface area contributed by atoms with Crippen LogP contribution in [-0.2, 0) is 11.8 Å². The van der Waals surface area contributed by atoms with Crippen LogP contribution in [0.5, 0.6) is 0 Å². The zero-order valence-electron chi connectivity index (χ0n) is 27.8. The Labute approximate surface area is 287 Å². The first-order valence-corrected chi connectivity index (χ1v) is 16.9. The van der Waals surface area contributed by atoms with E-state index in [0.29, 0.717) is 21.2 Å². The summed E-state index contributed by atoms with van der Waals surface area (Å²) >= 11 is 0. The molecule has 0 aliphatic carbocycles. The molecule has 1 unspecified atom stereocenters. The van der Waals surface area contributed by atoms with E-state index >= 15 is 0 Å². The van der Waals surface area contributed by atoms with Crippen LogP contribution in [-0.4, -0.2) is 59.2 Å². The average Bonchev–Trinajstić information content (AvgIpc) is 3.34. The number of benzene rings is 3. The van der Waals surface area contributed by atoms with Gasteiger partial charge in [-0.1, -0.05) is 36.4 Å². The van der Waals surface area contributed by atoms with Crippen molar-refractivity contribution in [1.29, 1.82) is 0 Å². The second kappa shape index (κ2) is 15.3. The number of likely N-dealkylation sites (N-methyl/N-ethyl adjacent to an activating group) is 1. The number of para-hydroxylation sites is 2. The van der Waals surface area contributed by atoms with Gasteiger partial charge in [0, 0.05) is 30.9 Å². The van der Waals surface area contributed by atoms with Gasteiger partial charge in [0.25, 0.3) is 11.5 Å². The highest BCUT2D eigenvalue weighted by Crippen LogP contribution is 2.38. The van der Waals surface area contributed by atoms with Crippen LogP contribution in [0.4, 0.5) is 11.4 Å². The van der Waals surface area contributed by atoms with Crippen LogP contribution in [0.25, 0.3) is 11.3 Å². The van der Waals surface area contributed by atoms with E-state index in [1.54, 1.807) is 9.69 Å². The predicted molar refractivity (Wildman–Crippen MR) is 161 cm³/mol. The number of aromatic nitrogens is 2. The number of quaternary nitrogens is 1. The summed E-state index contributed by atoms with van der Waals surface area (Å²) in [6.45, 7) is 3.96. The van der Waals surface area contributed by atoms with E-state index in [2.05, 4.69) is 33.3 Å². The number of amides is 1. The van der Waals surface area contributed by atoms with Crippen LogP contribution in [0.1, 0.15) is 23.7 Å². The molecule has 4 aromatic rings. The molecule has 1 saturated heterocycles. The molecule has 1 atom stereocenters. The van der Waals surface area contributed by atoms with Crippen molar-refractivity contribution in [3.8, 4) is 5.69 Å². The van der Waals surface area contributed by atoms with Gasteiger partial charge in [0.05, 0.1) is 59.0 Å². The maximum absolute atomic E-state index is 14.2. The number of carbonyl (C=O) groups is 1. The molecule has 1 N–H and O–H groups in total. The van der Waals surface area contributed by atoms with Gasteiger partial charge in [-0.15, -0.1) is 10.2 Å². The van der Waals surface area contributed by atoms with E-state index in [1.165, 1.54) is 0 Å². The molecule has 1 aliphatic rings. The van der Waals surface area contributed by atoms with Crippen LogP contribution in [0.15, 0.2) is 95.3 Å². The Hall–Kier alpha value is -3.94. The topological polar surface area (TPSA) is 232 Å². The highest BCUT2D eigenvalue weighted by Gasteiger charge is 2.42. The van der Waals surface area contributed by atoms with Crippen LogP contribution in [0.3, 0.4) is 0 Å². The smallest absolute Gasteiger partial charge is 0.279 e. The third-order valence-corrected chi connectivity index (χ3v) is 7.72. The van der Waals surface area contributed by atoms with Gasteiger partial charge in [0.1, 0.15) is 5.69 Å².